The maximum Gasteiger partial charge on any atom is 0.0808 e. The van der Waals surface area contributed by atoms with Gasteiger partial charge in [0.05, 0.1) is 11.7 Å². The summed E-state index contributed by atoms with van der Waals surface area (Å²) in [6.07, 6.45) is 10.5. The minimum absolute atomic E-state index is 0.0104. The van der Waals surface area contributed by atoms with Crippen molar-refractivity contribution in [2.45, 2.75) is 90.8 Å². The maximum atomic E-state index is 6.58. The van der Waals surface area contributed by atoms with Crippen LogP contribution in [-0.4, -0.2) is 18.2 Å². The molecule has 0 aromatic heterocycles. The molecular formula is C18H35NO. The lowest BCUT2D eigenvalue weighted by atomic mass is 9.68. The summed E-state index contributed by atoms with van der Waals surface area (Å²) < 4.78 is 6.58. The molecule has 118 valence electrons. The van der Waals surface area contributed by atoms with Gasteiger partial charge in [0.2, 0.25) is 0 Å². The smallest absolute Gasteiger partial charge is 0.0808 e. The van der Waals surface area contributed by atoms with E-state index in [-0.39, 0.29) is 5.60 Å². The topological polar surface area (TPSA) is 35.2 Å². The van der Waals surface area contributed by atoms with Gasteiger partial charge in [-0.3, -0.25) is 0 Å². The Morgan fingerprint density at radius 2 is 1.75 bits per heavy atom. The highest BCUT2D eigenvalue weighted by Crippen LogP contribution is 2.43. The molecule has 0 aromatic rings. The average molecular weight is 281 g/mol. The Kier molecular flexibility index (Phi) is 5.18. The highest BCUT2D eigenvalue weighted by Gasteiger charge is 2.40. The molecule has 0 amide bonds. The van der Waals surface area contributed by atoms with Crippen molar-refractivity contribution in [3.63, 3.8) is 0 Å². The average Bonchev–Trinajstić information content (AvgIpc) is 2.38. The van der Waals surface area contributed by atoms with Crippen LogP contribution in [0.1, 0.15) is 79.1 Å². The molecule has 0 bridgehead atoms. The van der Waals surface area contributed by atoms with Gasteiger partial charge < -0.3 is 10.5 Å². The molecule has 0 aromatic carbocycles. The van der Waals surface area contributed by atoms with Gasteiger partial charge in [-0.25, -0.2) is 0 Å². The zero-order valence-electron chi connectivity index (χ0n) is 14.1. The normalized spacial score (nSPS) is 39.8. The molecule has 0 heterocycles. The second-order valence-electron chi connectivity index (χ2n) is 8.54. The van der Waals surface area contributed by atoms with Crippen LogP contribution in [0.2, 0.25) is 0 Å². The van der Waals surface area contributed by atoms with Gasteiger partial charge in [-0.1, -0.05) is 40.5 Å². The first-order chi connectivity index (χ1) is 9.35. The van der Waals surface area contributed by atoms with E-state index in [1.54, 1.807) is 0 Å². The Morgan fingerprint density at radius 1 is 1.10 bits per heavy atom. The summed E-state index contributed by atoms with van der Waals surface area (Å²) >= 11 is 0. The Bertz CT molecular complexity index is 299. The molecule has 2 heteroatoms. The molecule has 20 heavy (non-hydrogen) atoms. The van der Waals surface area contributed by atoms with Crippen molar-refractivity contribution < 1.29 is 4.74 Å². The SMILES string of the molecule is CC1CCCC(OC2(CN)CCC(C(C)(C)C)CC2)C1. The Balaban J connectivity index is 1.91. The molecule has 2 atom stereocenters. The fourth-order valence-electron chi connectivity index (χ4n) is 4.22. The minimum Gasteiger partial charge on any atom is -0.370 e. The van der Waals surface area contributed by atoms with Crippen molar-refractivity contribution in [1.29, 1.82) is 0 Å². The van der Waals surface area contributed by atoms with E-state index in [1.807, 2.05) is 0 Å². The minimum atomic E-state index is -0.0104. The van der Waals surface area contributed by atoms with Crippen molar-refractivity contribution in [1.82, 2.24) is 0 Å². The summed E-state index contributed by atoms with van der Waals surface area (Å²) in [6, 6.07) is 0. The van der Waals surface area contributed by atoms with Crippen molar-refractivity contribution in [2.24, 2.45) is 23.0 Å². The lowest BCUT2D eigenvalue weighted by Crippen LogP contribution is -2.48. The summed E-state index contributed by atoms with van der Waals surface area (Å²) in [5.74, 6) is 1.66. The first-order valence-corrected chi connectivity index (χ1v) is 8.72. The second kappa shape index (κ2) is 6.36. The van der Waals surface area contributed by atoms with Crippen molar-refractivity contribution in [2.75, 3.05) is 6.54 Å². The third-order valence-electron chi connectivity index (χ3n) is 5.80. The van der Waals surface area contributed by atoms with Crippen LogP contribution >= 0.6 is 0 Å². The van der Waals surface area contributed by atoms with E-state index in [4.69, 9.17) is 10.5 Å². The van der Waals surface area contributed by atoms with E-state index in [1.165, 1.54) is 38.5 Å². The number of hydrogen-bond donors (Lipinski definition) is 1. The number of nitrogens with two attached hydrogens (primary N) is 1. The van der Waals surface area contributed by atoms with Crippen LogP contribution in [0.3, 0.4) is 0 Å². The molecule has 2 nitrogen and oxygen atoms in total. The summed E-state index contributed by atoms with van der Waals surface area (Å²) in [6.45, 7) is 10.2. The number of rotatable bonds is 3. The summed E-state index contributed by atoms with van der Waals surface area (Å²) in [5, 5.41) is 0. The monoisotopic (exact) mass is 281 g/mol. The van der Waals surface area contributed by atoms with Crippen LogP contribution in [0.15, 0.2) is 0 Å². The predicted molar refractivity (Wildman–Crippen MR) is 85.7 cm³/mol. The van der Waals surface area contributed by atoms with Gasteiger partial charge in [0, 0.05) is 6.54 Å². The number of ether oxygens (including phenoxy) is 1. The van der Waals surface area contributed by atoms with Crippen LogP contribution in [0.25, 0.3) is 0 Å². The quantitative estimate of drug-likeness (QED) is 0.825. The molecule has 0 spiro atoms. The van der Waals surface area contributed by atoms with E-state index in [2.05, 4.69) is 27.7 Å². The molecule has 2 rings (SSSR count). The maximum absolute atomic E-state index is 6.58. The van der Waals surface area contributed by atoms with E-state index >= 15 is 0 Å². The second-order valence-corrected chi connectivity index (χ2v) is 8.54. The zero-order valence-corrected chi connectivity index (χ0v) is 14.1. The third kappa shape index (κ3) is 3.98. The first kappa shape index (κ1) is 16.3. The highest BCUT2D eigenvalue weighted by atomic mass is 16.5. The van der Waals surface area contributed by atoms with Crippen LogP contribution in [0.5, 0.6) is 0 Å². The van der Waals surface area contributed by atoms with Crippen molar-refractivity contribution in [3.05, 3.63) is 0 Å². The van der Waals surface area contributed by atoms with Gasteiger partial charge >= 0.3 is 0 Å². The lowest BCUT2D eigenvalue weighted by molar-refractivity contribution is -0.132. The molecule has 2 fully saturated rings. The van der Waals surface area contributed by atoms with Gasteiger partial charge in [0.15, 0.2) is 0 Å². The fourth-order valence-corrected chi connectivity index (χ4v) is 4.22. The van der Waals surface area contributed by atoms with E-state index in [9.17, 15) is 0 Å². The molecule has 2 saturated carbocycles. The van der Waals surface area contributed by atoms with Crippen LogP contribution < -0.4 is 5.73 Å². The Hall–Kier alpha value is -0.0800. The summed E-state index contributed by atoms with van der Waals surface area (Å²) in [5.41, 5.74) is 6.54. The van der Waals surface area contributed by atoms with Gasteiger partial charge in [-0.05, 0) is 55.8 Å². The van der Waals surface area contributed by atoms with Gasteiger partial charge in [0.1, 0.15) is 0 Å². The standard InChI is InChI=1S/C18H35NO/c1-14-6-5-7-16(12-14)20-18(13-19)10-8-15(9-11-18)17(2,3)4/h14-16H,5-13,19H2,1-4H3. The van der Waals surface area contributed by atoms with Crippen molar-refractivity contribution >= 4 is 0 Å². The van der Waals surface area contributed by atoms with Crippen LogP contribution in [0, 0.1) is 17.3 Å². The first-order valence-electron chi connectivity index (χ1n) is 8.72. The summed E-state index contributed by atoms with van der Waals surface area (Å²) in [4.78, 5) is 0. The van der Waals surface area contributed by atoms with Gasteiger partial charge in [0.25, 0.3) is 0 Å². The Labute approximate surface area is 125 Å². The van der Waals surface area contributed by atoms with Crippen LogP contribution in [0.4, 0.5) is 0 Å². The lowest BCUT2D eigenvalue weighted by Gasteiger charge is -2.45. The third-order valence-corrected chi connectivity index (χ3v) is 5.80. The zero-order chi connectivity index (χ0) is 14.8. The predicted octanol–water partition coefficient (Wildman–Crippen LogP) is 4.52. The van der Waals surface area contributed by atoms with Gasteiger partial charge in [-0.2, -0.15) is 0 Å². The number of hydrogen-bond acceptors (Lipinski definition) is 2. The molecular weight excluding hydrogens is 246 g/mol. The highest BCUT2D eigenvalue weighted by molar-refractivity contribution is 4.92. The molecule has 0 saturated heterocycles. The molecule has 2 aliphatic rings. The van der Waals surface area contributed by atoms with Crippen molar-refractivity contribution in [3.8, 4) is 0 Å². The summed E-state index contributed by atoms with van der Waals surface area (Å²) in [7, 11) is 0. The van der Waals surface area contributed by atoms with E-state index < -0.39 is 0 Å². The largest absolute Gasteiger partial charge is 0.370 e. The molecule has 2 aliphatic carbocycles. The molecule has 0 aliphatic heterocycles. The van der Waals surface area contributed by atoms with E-state index in [0.717, 1.165) is 24.7 Å². The fraction of sp³-hybridized carbons (Fsp3) is 1.00. The van der Waals surface area contributed by atoms with Gasteiger partial charge in [-0.15, -0.1) is 0 Å². The molecule has 2 unspecified atom stereocenters. The Morgan fingerprint density at radius 3 is 2.25 bits per heavy atom. The molecule has 0 radical (unpaired) electrons. The molecule has 2 N–H and O–H groups in total. The van der Waals surface area contributed by atoms with Crippen LogP contribution in [-0.2, 0) is 4.74 Å². The van der Waals surface area contributed by atoms with E-state index in [0.29, 0.717) is 18.1 Å².